The van der Waals surface area contributed by atoms with Crippen molar-refractivity contribution in [1.82, 2.24) is 19.5 Å². The summed E-state index contributed by atoms with van der Waals surface area (Å²) in [5.41, 5.74) is 19.0. The molecule has 0 saturated heterocycles. The van der Waals surface area contributed by atoms with Gasteiger partial charge in [-0.1, -0.05) is 12.1 Å². The van der Waals surface area contributed by atoms with Crippen LogP contribution in [-0.2, 0) is 6.54 Å². The second-order valence-corrected chi connectivity index (χ2v) is 4.80. The van der Waals surface area contributed by atoms with Gasteiger partial charge in [-0.15, -0.1) is 0 Å². The van der Waals surface area contributed by atoms with Crippen LogP contribution in [0, 0.1) is 11.3 Å². The predicted octanol–water partition coefficient (Wildman–Crippen LogP) is 0.233. The number of aliphatic imine (C=N–C) groups is 1. The molecule has 0 spiro atoms. The Bertz CT molecular complexity index is 945. The number of guanidine groups is 1. The number of hydrogen-bond donors (Lipinski definition) is 3. The lowest BCUT2D eigenvalue weighted by Gasteiger charge is -2.05. The normalized spacial score (nSPS) is 10.4. The first-order valence-corrected chi connectivity index (χ1v) is 6.64. The van der Waals surface area contributed by atoms with Crippen molar-refractivity contribution in [3.63, 3.8) is 0 Å². The van der Waals surface area contributed by atoms with Crippen molar-refractivity contribution in [1.29, 1.82) is 5.26 Å². The van der Waals surface area contributed by atoms with E-state index in [-0.39, 0.29) is 17.7 Å². The van der Waals surface area contributed by atoms with E-state index in [0.717, 1.165) is 5.56 Å². The van der Waals surface area contributed by atoms with Gasteiger partial charge in [0.05, 0.1) is 24.5 Å². The molecular formula is C14H13N9. The van der Waals surface area contributed by atoms with Gasteiger partial charge in [-0.3, -0.25) is 0 Å². The van der Waals surface area contributed by atoms with Gasteiger partial charge in [0, 0.05) is 0 Å². The Balaban J connectivity index is 2.07. The molecular weight excluding hydrogens is 294 g/mol. The average Bonchev–Trinajstić information content (AvgIpc) is 2.90. The summed E-state index contributed by atoms with van der Waals surface area (Å²) in [6.07, 6.45) is 1.60. The lowest BCUT2D eigenvalue weighted by Crippen LogP contribution is -2.22. The standard InChI is InChI=1S/C14H13N9/c15-5-8-2-1-3-9(4-8)6-23-7-19-10-11(20-13(16)17)21-14(18)22-12(10)23/h1-4,7H,6H2,(H6,16,17,18,20,21,22). The van der Waals surface area contributed by atoms with Crippen LogP contribution in [0.25, 0.3) is 11.2 Å². The molecule has 0 aliphatic carbocycles. The van der Waals surface area contributed by atoms with Gasteiger partial charge in [0.2, 0.25) is 5.95 Å². The zero-order valence-electron chi connectivity index (χ0n) is 12.0. The Morgan fingerprint density at radius 1 is 1.30 bits per heavy atom. The number of anilines is 1. The predicted molar refractivity (Wildman–Crippen MR) is 85.5 cm³/mol. The molecule has 9 nitrogen and oxygen atoms in total. The number of fused-ring (bicyclic) bond motifs is 1. The number of aromatic nitrogens is 4. The molecule has 0 atom stereocenters. The third-order valence-electron chi connectivity index (χ3n) is 3.11. The first kappa shape index (κ1) is 14.3. The molecule has 0 aliphatic rings. The number of nitrogens with two attached hydrogens (primary N) is 3. The number of nitrogens with zero attached hydrogens (tertiary/aromatic N) is 6. The van der Waals surface area contributed by atoms with E-state index >= 15 is 0 Å². The summed E-state index contributed by atoms with van der Waals surface area (Å²) in [6, 6.07) is 9.38. The topological polar surface area (TPSA) is 158 Å². The second kappa shape index (κ2) is 5.61. The highest BCUT2D eigenvalue weighted by atomic mass is 15.2. The van der Waals surface area contributed by atoms with Crippen LogP contribution >= 0.6 is 0 Å². The highest BCUT2D eigenvalue weighted by Crippen LogP contribution is 2.22. The Kier molecular flexibility index (Phi) is 3.48. The molecule has 6 N–H and O–H groups in total. The summed E-state index contributed by atoms with van der Waals surface area (Å²) in [6.45, 7) is 0.476. The highest BCUT2D eigenvalue weighted by molar-refractivity contribution is 5.87. The summed E-state index contributed by atoms with van der Waals surface area (Å²) in [4.78, 5) is 16.4. The number of imidazole rings is 1. The molecule has 1 aromatic carbocycles. The zero-order chi connectivity index (χ0) is 16.4. The van der Waals surface area contributed by atoms with Crippen LogP contribution in [0.1, 0.15) is 11.1 Å². The maximum atomic E-state index is 8.97. The van der Waals surface area contributed by atoms with E-state index in [1.165, 1.54) is 0 Å². The summed E-state index contributed by atoms with van der Waals surface area (Å²) >= 11 is 0. The fraction of sp³-hybridized carbons (Fsp3) is 0.0714. The van der Waals surface area contributed by atoms with Crippen LogP contribution in [0.5, 0.6) is 0 Å². The molecule has 0 saturated carbocycles. The van der Waals surface area contributed by atoms with E-state index in [4.69, 9.17) is 22.5 Å². The van der Waals surface area contributed by atoms with Crippen molar-refractivity contribution < 1.29 is 0 Å². The van der Waals surface area contributed by atoms with E-state index in [2.05, 4.69) is 26.0 Å². The van der Waals surface area contributed by atoms with Gasteiger partial charge in [-0.05, 0) is 17.7 Å². The Morgan fingerprint density at radius 2 is 2.13 bits per heavy atom. The van der Waals surface area contributed by atoms with Crippen molar-refractivity contribution in [3.05, 3.63) is 41.7 Å². The molecule has 2 aromatic heterocycles. The maximum absolute atomic E-state index is 8.97. The minimum absolute atomic E-state index is 0.0463. The van der Waals surface area contributed by atoms with E-state index in [1.807, 2.05) is 12.1 Å². The largest absolute Gasteiger partial charge is 0.370 e. The SMILES string of the molecule is N#Cc1cccc(Cn2cnc3c(N=C(N)N)nc(N)nc32)c1. The molecule has 0 bridgehead atoms. The molecule has 3 rings (SSSR count). The zero-order valence-corrected chi connectivity index (χ0v) is 12.0. The summed E-state index contributed by atoms with van der Waals surface area (Å²) < 4.78 is 1.79. The molecule has 0 amide bonds. The third kappa shape index (κ3) is 2.86. The van der Waals surface area contributed by atoms with Gasteiger partial charge < -0.3 is 21.8 Å². The van der Waals surface area contributed by atoms with Crippen molar-refractivity contribution in [3.8, 4) is 6.07 Å². The summed E-state index contributed by atoms with van der Waals surface area (Å²) in [5, 5.41) is 8.97. The van der Waals surface area contributed by atoms with E-state index < -0.39 is 0 Å². The highest BCUT2D eigenvalue weighted by Gasteiger charge is 2.12. The molecule has 23 heavy (non-hydrogen) atoms. The molecule has 0 fully saturated rings. The van der Waals surface area contributed by atoms with Gasteiger partial charge in [0.1, 0.15) is 0 Å². The second-order valence-electron chi connectivity index (χ2n) is 4.80. The van der Waals surface area contributed by atoms with Crippen LogP contribution in [-0.4, -0.2) is 25.5 Å². The fourth-order valence-corrected chi connectivity index (χ4v) is 2.20. The fourth-order valence-electron chi connectivity index (χ4n) is 2.20. The van der Waals surface area contributed by atoms with Crippen molar-refractivity contribution in [2.45, 2.75) is 6.54 Å². The molecule has 9 heteroatoms. The van der Waals surface area contributed by atoms with Gasteiger partial charge in [-0.25, -0.2) is 4.98 Å². The minimum atomic E-state index is -0.138. The number of rotatable bonds is 3. The smallest absolute Gasteiger partial charge is 0.224 e. The van der Waals surface area contributed by atoms with Gasteiger partial charge in [0.15, 0.2) is 22.9 Å². The first-order valence-electron chi connectivity index (χ1n) is 6.64. The quantitative estimate of drug-likeness (QED) is 0.461. The Morgan fingerprint density at radius 3 is 2.87 bits per heavy atom. The number of nitriles is 1. The number of hydrogen-bond acceptors (Lipinski definition) is 6. The molecule has 0 unspecified atom stereocenters. The Labute approximate surface area is 131 Å². The molecule has 2 heterocycles. The van der Waals surface area contributed by atoms with Crippen molar-refractivity contribution >= 4 is 28.9 Å². The average molecular weight is 307 g/mol. The Hall–Kier alpha value is -3.67. The third-order valence-corrected chi connectivity index (χ3v) is 3.11. The van der Waals surface area contributed by atoms with Crippen molar-refractivity contribution in [2.24, 2.45) is 16.5 Å². The number of benzene rings is 1. The van der Waals surface area contributed by atoms with E-state index in [9.17, 15) is 0 Å². The molecule has 114 valence electrons. The van der Waals surface area contributed by atoms with E-state index in [1.54, 1.807) is 23.0 Å². The number of nitrogen functional groups attached to an aromatic ring is 1. The van der Waals surface area contributed by atoms with Crippen LogP contribution in [0.4, 0.5) is 11.8 Å². The van der Waals surface area contributed by atoms with Crippen LogP contribution < -0.4 is 17.2 Å². The molecule has 0 radical (unpaired) electrons. The van der Waals surface area contributed by atoms with Gasteiger partial charge in [0.25, 0.3) is 0 Å². The van der Waals surface area contributed by atoms with Crippen LogP contribution in [0.3, 0.4) is 0 Å². The molecule has 3 aromatic rings. The molecule has 0 aliphatic heterocycles. The lowest BCUT2D eigenvalue weighted by molar-refractivity contribution is 0.813. The summed E-state index contributed by atoms with van der Waals surface area (Å²) in [7, 11) is 0. The first-order chi connectivity index (χ1) is 11.1. The van der Waals surface area contributed by atoms with E-state index in [0.29, 0.717) is 23.3 Å². The van der Waals surface area contributed by atoms with Gasteiger partial charge in [-0.2, -0.15) is 20.2 Å². The monoisotopic (exact) mass is 307 g/mol. The lowest BCUT2D eigenvalue weighted by atomic mass is 10.1. The summed E-state index contributed by atoms with van der Waals surface area (Å²) in [5.74, 6) is 0.128. The van der Waals surface area contributed by atoms with Crippen LogP contribution in [0.15, 0.2) is 35.6 Å². The van der Waals surface area contributed by atoms with Crippen molar-refractivity contribution in [2.75, 3.05) is 5.73 Å². The van der Waals surface area contributed by atoms with Gasteiger partial charge >= 0.3 is 0 Å². The minimum Gasteiger partial charge on any atom is -0.370 e. The maximum Gasteiger partial charge on any atom is 0.224 e. The van der Waals surface area contributed by atoms with Crippen LogP contribution in [0.2, 0.25) is 0 Å².